The molecule has 2 amide bonds. The summed E-state index contributed by atoms with van der Waals surface area (Å²) in [5, 5.41) is 3.59. The maximum atomic E-state index is 12.6. The lowest BCUT2D eigenvalue weighted by Crippen LogP contribution is -2.28. The molecule has 0 radical (unpaired) electrons. The Morgan fingerprint density at radius 3 is 2.76 bits per heavy atom. The third-order valence-corrected chi connectivity index (χ3v) is 5.03. The highest BCUT2D eigenvalue weighted by Crippen LogP contribution is 2.29. The zero-order valence-corrected chi connectivity index (χ0v) is 15.1. The molecule has 0 aliphatic carbocycles. The lowest BCUT2D eigenvalue weighted by Gasteiger charge is -2.18. The van der Waals surface area contributed by atoms with Gasteiger partial charge in [-0.3, -0.25) is 9.59 Å². The summed E-state index contributed by atoms with van der Waals surface area (Å²) in [4.78, 5) is 26.6. The van der Waals surface area contributed by atoms with E-state index in [-0.39, 0.29) is 24.2 Å². The molecule has 2 aromatic rings. The number of hydrogen-bond acceptors (Lipinski definition) is 2. The molecule has 4 nitrogen and oxygen atoms in total. The smallest absolute Gasteiger partial charge is 0.229 e. The van der Waals surface area contributed by atoms with Gasteiger partial charge in [-0.2, -0.15) is 0 Å². The van der Waals surface area contributed by atoms with Gasteiger partial charge in [0.1, 0.15) is 0 Å². The van der Waals surface area contributed by atoms with Gasteiger partial charge in [0.25, 0.3) is 0 Å². The molecule has 1 aliphatic rings. The second kappa shape index (κ2) is 7.28. The van der Waals surface area contributed by atoms with Gasteiger partial charge in [0, 0.05) is 29.4 Å². The van der Waals surface area contributed by atoms with Crippen molar-refractivity contribution in [1.29, 1.82) is 0 Å². The molecule has 5 heteroatoms. The van der Waals surface area contributed by atoms with Crippen LogP contribution in [-0.2, 0) is 16.0 Å². The zero-order valence-electron chi connectivity index (χ0n) is 14.4. The molecular formula is C20H21ClN2O2. The van der Waals surface area contributed by atoms with E-state index >= 15 is 0 Å². The van der Waals surface area contributed by atoms with E-state index in [0.29, 0.717) is 11.6 Å². The molecular weight excluding hydrogens is 336 g/mol. The highest BCUT2D eigenvalue weighted by molar-refractivity contribution is 6.31. The Hall–Kier alpha value is -2.33. The van der Waals surface area contributed by atoms with Crippen LogP contribution >= 0.6 is 11.6 Å². The number of aryl methyl sites for hydroxylation is 2. The largest absolute Gasteiger partial charge is 0.326 e. The van der Waals surface area contributed by atoms with Crippen molar-refractivity contribution in [1.82, 2.24) is 0 Å². The maximum absolute atomic E-state index is 12.6. The SMILES string of the molecule is CCc1ccccc1NC(=O)[C@H]1CC(=O)N(c2ccc(C)c(Cl)c2)C1. The topological polar surface area (TPSA) is 49.4 Å². The predicted octanol–water partition coefficient (Wildman–Crippen LogP) is 4.20. The fourth-order valence-corrected chi connectivity index (χ4v) is 3.24. The number of amides is 2. The highest BCUT2D eigenvalue weighted by atomic mass is 35.5. The van der Waals surface area contributed by atoms with E-state index in [1.54, 1.807) is 11.0 Å². The fraction of sp³-hybridized carbons (Fsp3) is 0.300. The van der Waals surface area contributed by atoms with Crippen LogP contribution in [0, 0.1) is 12.8 Å². The van der Waals surface area contributed by atoms with Gasteiger partial charge in [-0.05, 0) is 42.7 Å². The highest BCUT2D eigenvalue weighted by Gasteiger charge is 2.35. The van der Waals surface area contributed by atoms with Gasteiger partial charge >= 0.3 is 0 Å². The molecule has 0 spiro atoms. The van der Waals surface area contributed by atoms with Crippen LogP contribution in [0.15, 0.2) is 42.5 Å². The summed E-state index contributed by atoms with van der Waals surface area (Å²) < 4.78 is 0. The van der Waals surface area contributed by atoms with Crippen LogP contribution in [0.2, 0.25) is 5.02 Å². The average Bonchev–Trinajstić information content (AvgIpc) is 3.00. The molecule has 1 aliphatic heterocycles. The lowest BCUT2D eigenvalue weighted by atomic mass is 10.1. The van der Waals surface area contributed by atoms with Gasteiger partial charge in [-0.15, -0.1) is 0 Å². The molecule has 3 rings (SSSR count). The van der Waals surface area contributed by atoms with Crippen LogP contribution in [0.5, 0.6) is 0 Å². The first-order chi connectivity index (χ1) is 12.0. The number of carbonyl (C=O) groups excluding carboxylic acids is 2. The molecule has 0 unspecified atom stereocenters. The summed E-state index contributed by atoms with van der Waals surface area (Å²) in [6.07, 6.45) is 1.06. The Bertz CT molecular complexity index is 819. The monoisotopic (exact) mass is 356 g/mol. The molecule has 1 atom stereocenters. The number of nitrogens with zero attached hydrogens (tertiary/aromatic N) is 1. The summed E-state index contributed by atoms with van der Waals surface area (Å²) in [5.41, 5.74) is 3.61. The van der Waals surface area contributed by atoms with Crippen molar-refractivity contribution in [3.05, 3.63) is 58.6 Å². The molecule has 0 bridgehead atoms. The second-order valence-corrected chi connectivity index (χ2v) is 6.75. The van der Waals surface area contributed by atoms with Crippen molar-refractivity contribution in [3.63, 3.8) is 0 Å². The first kappa shape index (κ1) is 17.5. The summed E-state index contributed by atoms with van der Waals surface area (Å²) in [7, 11) is 0. The van der Waals surface area contributed by atoms with Crippen molar-refractivity contribution in [3.8, 4) is 0 Å². The Morgan fingerprint density at radius 1 is 1.28 bits per heavy atom. The van der Waals surface area contributed by atoms with Gasteiger partial charge in [0.15, 0.2) is 0 Å². The van der Waals surface area contributed by atoms with Crippen molar-refractivity contribution in [2.24, 2.45) is 5.92 Å². The molecule has 1 N–H and O–H groups in total. The number of rotatable bonds is 4. The molecule has 1 heterocycles. The quantitative estimate of drug-likeness (QED) is 0.892. The minimum absolute atomic E-state index is 0.0520. The summed E-state index contributed by atoms with van der Waals surface area (Å²) >= 11 is 6.16. The average molecular weight is 357 g/mol. The van der Waals surface area contributed by atoms with E-state index in [1.165, 1.54) is 0 Å². The van der Waals surface area contributed by atoms with Crippen LogP contribution in [-0.4, -0.2) is 18.4 Å². The van der Waals surface area contributed by atoms with E-state index < -0.39 is 0 Å². The van der Waals surface area contributed by atoms with Gasteiger partial charge in [-0.1, -0.05) is 42.8 Å². The van der Waals surface area contributed by atoms with Crippen molar-refractivity contribution < 1.29 is 9.59 Å². The first-order valence-corrected chi connectivity index (χ1v) is 8.82. The number of para-hydroxylation sites is 1. The van der Waals surface area contributed by atoms with Crippen LogP contribution in [0.3, 0.4) is 0 Å². The fourth-order valence-electron chi connectivity index (χ4n) is 3.07. The number of carbonyl (C=O) groups is 2. The van der Waals surface area contributed by atoms with Crippen molar-refractivity contribution >= 4 is 34.8 Å². The van der Waals surface area contributed by atoms with Crippen LogP contribution < -0.4 is 10.2 Å². The standard InChI is InChI=1S/C20H21ClN2O2/c1-3-14-6-4-5-7-18(14)22-20(25)15-10-19(24)23(12-15)16-9-8-13(2)17(21)11-16/h4-9,11,15H,3,10,12H2,1-2H3,(H,22,25)/t15-/m0/s1. The van der Waals surface area contributed by atoms with Gasteiger partial charge in [0.2, 0.25) is 11.8 Å². The number of benzene rings is 2. The van der Waals surface area contributed by atoms with E-state index in [4.69, 9.17) is 11.6 Å². The number of nitrogens with one attached hydrogen (secondary N) is 1. The van der Waals surface area contributed by atoms with Gasteiger partial charge < -0.3 is 10.2 Å². The number of halogens is 1. The summed E-state index contributed by atoms with van der Waals surface area (Å²) in [6.45, 7) is 4.34. The number of hydrogen-bond donors (Lipinski definition) is 1. The first-order valence-electron chi connectivity index (χ1n) is 8.45. The minimum Gasteiger partial charge on any atom is -0.326 e. The summed E-state index contributed by atoms with van der Waals surface area (Å²) in [6, 6.07) is 13.3. The molecule has 0 saturated carbocycles. The molecule has 2 aromatic carbocycles. The van der Waals surface area contributed by atoms with E-state index in [2.05, 4.69) is 5.32 Å². The maximum Gasteiger partial charge on any atom is 0.229 e. The Balaban J connectivity index is 1.73. The van der Waals surface area contributed by atoms with E-state index in [0.717, 1.165) is 28.9 Å². The Morgan fingerprint density at radius 2 is 2.04 bits per heavy atom. The minimum atomic E-state index is -0.363. The molecule has 25 heavy (non-hydrogen) atoms. The normalized spacial score (nSPS) is 17.0. The van der Waals surface area contributed by atoms with E-state index in [9.17, 15) is 9.59 Å². The van der Waals surface area contributed by atoms with Gasteiger partial charge in [0.05, 0.1) is 5.92 Å². The molecule has 1 saturated heterocycles. The molecule has 1 fully saturated rings. The van der Waals surface area contributed by atoms with E-state index in [1.807, 2.05) is 50.2 Å². The lowest BCUT2D eigenvalue weighted by molar-refractivity contribution is -0.122. The van der Waals surface area contributed by atoms with Crippen molar-refractivity contribution in [2.45, 2.75) is 26.7 Å². The number of anilines is 2. The van der Waals surface area contributed by atoms with Crippen LogP contribution in [0.4, 0.5) is 11.4 Å². The van der Waals surface area contributed by atoms with Crippen LogP contribution in [0.1, 0.15) is 24.5 Å². The third kappa shape index (κ3) is 3.69. The third-order valence-electron chi connectivity index (χ3n) is 4.62. The van der Waals surface area contributed by atoms with Crippen molar-refractivity contribution in [2.75, 3.05) is 16.8 Å². The van der Waals surface area contributed by atoms with Crippen LogP contribution in [0.25, 0.3) is 0 Å². The summed E-state index contributed by atoms with van der Waals surface area (Å²) in [5.74, 6) is -0.531. The zero-order chi connectivity index (χ0) is 18.0. The Kier molecular flexibility index (Phi) is 5.09. The molecule has 130 valence electrons. The Labute approximate surface area is 152 Å². The van der Waals surface area contributed by atoms with Gasteiger partial charge in [-0.25, -0.2) is 0 Å². The second-order valence-electron chi connectivity index (χ2n) is 6.34. The predicted molar refractivity (Wildman–Crippen MR) is 101 cm³/mol. The molecule has 0 aromatic heterocycles.